The zero-order valence-electron chi connectivity index (χ0n) is 12.2. The van der Waals surface area contributed by atoms with Crippen LogP contribution in [0.25, 0.3) is 0 Å². The molecule has 1 saturated heterocycles. The van der Waals surface area contributed by atoms with E-state index in [-0.39, 0.29) is 11.8 Å². The second-order valence-electron chi connectivity index (χ2n) is 5.06. The Labute approximate surface area is 129 Å². The van der Waals surface area contributed by atoms with Crippen molar-refractivity contribution in [2.24, 2.45) is 0 Å². The van der Waals surface area contributed by atoms with Crippen LogP contribution in [-0.2, 0) is 4.79 Å². The van der Waals surface area contributed by atoms with Gasteiger partial charge in [0.25, 0.3) is 5.91 Å². The smallest absolute Gasteiger partial charge is 0.254 e. The molecule has 2 rings (SSSR count). The summed E-state index contributed by atoms with van der Waals surface area (Å²) in [7, 11) is 1.62. The monoisotopic (exact) mass is 310 g/mol. The molecule has 1 aromatic rings. The highest BCUT2D eigenvalue weighted by Crippen LogP contribution is 2.14. The summed E-state index contributed by atoms with van der Waals surface area (Å²) in [5, 5.41) is 2.93. The lowest BCUT2D eigenvalue weighted by molar-refractivity contribution is -0.122. The van der Waals surface area contributed by atoms with Crippen LogP contribution in [-0.4, -0.2) is 66.4 Å². The molecule has 0 aliphatic carbocycles. The van der Waals surface area contributed by atoms with Crippen molar-refractivity contribution < 1.29 is 9.59 Å². The number of aromatic nitrogens is 1. The van der Waals surface area contributed by atoms with Crippen LogP contribution in [0.4, 0.5) is 0 Å². The number of nitrogens with one attached hydrogen (secondary N) is 1. The molecule has 1 aromatic heterocycles. The van der Waals surface area contributed by atoms with Crippen molar-refractivity contribution in [1.82, 2.24) is 20.1 Å². The van der Waals surface area contributed by atoms with Crippen molar-refractivity contribution in [3.63, 3.8) is 0 Å². The topological polar surface area (TPSA) is 65.5 Å². The molecule has 1 fully saturated rings. The van der Waals surface area contributed by atoms with Gasteiger partial charge >= 0.3 is 0 Å². The molecular formula is C14H19ClN4O2. The summed E-state index contributed by atoms with van der Waals surface area (Å²) < 4.78 is 0. The molecule has 2 amide bonds. The average molecular weight is 311 g/mol. The molecule has 0 saturated carbocycles. The maximum atomic E-state index is 12.4. The molecule has 114 valence electrons. The lowest BCUT2D eigenvalue weighted by atomic mass is 10.2. The molecule has 0 unspecified atom stereocenters. The van der Waals surface area contributed by atoms with Gasteiger partial charge in [-0.15, -0.1) is 0 Å². The predicted octanol–water partition coefficient (Wildman–Crippen LogP) is 0.547. The number of pyridine rings is 1. The van der Waals surface area contributed by atoms with Crippen molar-refractivity contribution in [2.45, 2.75) is 6.92 Å². The van der Waals surface area contributed by atoms with Gasteiger partial charge in [-0.3, -0.25) is 14.5 Å². The van der Waals surface area contributed by atoms with Crippen LogP contribution in [0.1, 0.15) is 16.1 Å². The van der Waals surface area contributed by atoms with Crippen LogP contribution >= 0.6 is 11.6 Å². The molecule has 1 aliphatic rings. The number of carbonyl (C=O) groups excluding carboxylic acids is 2. The fourth-order valence-corrected chi connectivity index (χ4v) is 2.58. The minimum absolute atomic E-state index is 0.00804. The van der Waals surface area contributed by atoms with Gasteiger partial charge in [0.15, 0.2) is 0 Å². The molecule has 1 aliphatic heterocycles. The SMILES string of the molecule is CNC(=O)CN1CCN(C(=O)c2cc(C)nc(Cl)c2)CC1. The molecule has 2 heterocycles. The normalized spacial score (nSPS) is 15.9. The first-order valence-electron chi connectivity index (χ1n) is 6.86. The molecule has 1 N–H and O–H groups in total. The lowest BCUT2D eigenvalue weighted by Crippen LogP contribution is -2.50. The number of piperazine rings is 1. The first-order valence-corrected chi connectivity index (χ1v) is 7.24. The Morgan fingerprint density at radius 1 is 1.29 bits per heavy atom. The minimum atomic E-state index is -0.0398. The Kier molecular flexibility index (Phi) is 5.14. The first kappa shape index (κ1) is 15.7. The van der Waals surface area contributed by atoms with Crippen molar-refractivity contribution in [1.29, 1.82) is 0 Å². The van der Waals surface area contributed by atoms with E-state index in [2.05, 4.69) is 10.3 Å². The third-order valence-electron chi connectivity index (χ3n) is 3.47. The van der Waals surface area contributed by atoms with Crippen LogP contribution in [0.3, 0.4) is 0 Å². The summed E-state index contributed by atoms with van der Waals surface area (Å²) in [4.78, 5) is 31.6. The summed E-state index contributed by atoms with van der Waals surface area (Å²) >= 11 is 5.90. The van der Waals surface area contributed by atoms with Gasteiger partial charge in [-0.2, -0.15) is 0 Å². The summed E-state index contributed by atoms with van der Waals surface area (Å²) in [6, 6.07) is 3.33. The highest BCUT2D eigenvalue weighted by Gasteiger charge is 2.23. The second kappa shape index (κ2) is 6.87. The fourth-order valence-electron chi connectivity index (χ4n) is 2.33. The predicted molar refractivity (Wildman–Crippen MR) is 80.4 cm³/mol. The summed E-state index contributed by atoms with van der Waals surface area (Å²) in [6.07, 6.45) is 0. The van der Waals surface area contributed by atoms with Gasteiger partial charge < -0.3 is 10.2 Å². The maximum Gasteiger partial charge on any atom is 0.254 e. The van der Waals surface area contributed by atoms with Crippen molar-refractivity contribution in [3.05, 3.63) is 28.5 Å². The average Bonchev–Trinajstić information content (AvgIpc) is 2.46. The molecule has 6 nitrogen and oxygen atoms in total. The highest BCUT2D eigenvalue weighted by atomic mass is 35.5. The molecule has 0 spiro atoms. The molecule has 0 bridgehead atoms. The quantitative estimate of drug-likeness (QED) is 0.828. The molecule has 0 aromatic carbocycles. The Bertz CT molecular complexity index is 522. The van der Waals surface area contributed by atoms with Crippen LogP contribution in [0, 0.1) is 6.92 Å². The van der Waals surface area contributed by atoms with Gasteiger partial charge in [-0.05, 0) is 19.1 Å². The van der Waals surface area contributed by atoms with Gasteiger partial charge in [0.1, 0.15) is 5.15 Å². The number of aryl methyl sites for hydroxylation is 1. The number of carbonyl (C=O) groups is 2. The van der Waals surface area contributed by atoms with Crippen LogP contribution < -0.4 is 5.32 Å². The summed E-state index contributed by atoms with van der Waals surface area (Å²) in [5.41, 5.74) is 1.29. The highest BCUT2D eigenvalue weighted by molar-refractivity contribution is 6.29. The summed E-state index contributed by atoms with van der Waals surface area (Å²) in [6.45, 7) is 4.78. The lowest BCUT2D eigenvalue weighted by Gasteiger charge is -2.34. The number of likely N-dealkylation sites (N-methyl/N-ethyl adjacent to an activating group) is 1. The Balaban J connectivity index is 1.95. The third kappa shape index (κ3) is 4.15. The largest absolute Gasteiger partial charge is 0.358 e. The zero-order valence-corrected chi connectivity index (χ0v) is 13.0. The number of nitrogens with zero attached hydrogens (tertiary/aromatic N) is 3. The van der Waals surface area contributed by atoms with Gasteiger partial charge in [-0.1, -0.05) is 11.6 Å². The van der Waals surface area contributed by atoms with E-state index in [0.29, 0.717) is 43.4 Å². The number of hydrogen-bond donors (Lipinski definition) is 1. The van der Waals surface area contributed by atoms with E-state index in [1.54, 1.807) is 24.1 Å². The minimum Gasteiger partial charge on any atom is -0.358 e. The third-order valence-corrected chi connectivity index (χ3v) is 3.67. The Morgan fingerprint density at radius 2 is 1.95 bits per heavy atom. The van der Waals surface area contributed by atoms with Crippen molar-refractivity contribution in [3.8, 4) is 0 Å². The Morgan fingerprint density at radius 3 is 2.52 bits per heavy atom. The van der Waals surface area contributed by atoms with E-state index in [9.17, 15) is 9.59 Å². The standard InChI is InChI=1S/C14H19ClN4O2/c1-10-7-11(8-12(15)17-10)14(21)19-5-3-18(4-6-19)9-13(20)16-2/h7-8H,3-6,9H2,1-2H3,(H,16,20). The van der Waals surface area contributed by atoms with Gasteiger partial charge in [-0.25, -0.2) is 4.98 Å². The number of hydrogen-bond acceptors (Lipinski definition) is 4. The van der Waals surface area contributed by atoms with Crippen molar-refractivity contribution in [2.75, 3.05) is 39.8 Å². The first-order chi connectivity index (χ1) is 9.99. The van der Waals surface area contributed by atoms with E-state index >= 15 is 0 Å². The molecule has 0 radical (unpaired) electrons. The molecule has 0 atom stereocenters. The van der Waals surface area contributed by atoms with E-state index in [1.807, 2.05) is 11.8 Å². The van der Waals surface area contributed by atoms with Crippen LogP contribution in [0.15, 0.2) is 12.1 Å². The number of rotatable bonds is 3. The molecular weight excluding hydrogens is 292 g/mol. The second-order valence-corrected chi connectivity index (χ2v) is 5.45. The van der Waals surface area contributed by atoms with Gasteiger partial charge in [0.05, 0.1) is 6.54 Å². The van der Waals surface area contributed by atoms with Crippen molar-refractivity contribution >= 4 is 23.4 Å². The van der Waals surface area contributed by atoms with E-state index in [4.69, 9.17) is 11.6 Å². The fraction of sp³-hybridized carbons (Fsp3) is 0.500. The summed E-state index contributed by atoms with van der Waals surface area (Å²) in [5.74, 6) is -0.0479. The number of amides is 2. The van der Waals surface area contributed by atoms with Gasteiger partial charge in [0.2, 0.25) is 5.91 Å². The van der Waals surface area contributed by atoms with Gasteiger partial charge in [0, 0.05) is 44.5 Å². The van der Waals surface area contributed by atoms with Crippen LogP contribution in [0.5, 0.6) is 0 Å². The number of halogens is 1. The zero-order chi connectivity index (χ0) is 15.4. The maximum absolute atomic E-state index is 12.4. The Hall–Kier alpha value is -1.66. The van der Waals surface area contributed by atoms with E-state index in [0.717, 1.165) is 5.69 Å². The van der Waals surface area contributed by atoms with Crippen LogP contribution in [0.2, 0.25) is 5.15 Å². The van der Waals surface area contributed by atoms with E-state index in [1.165, 1.54) is 0 Å². The molecule has 21 heavy (non-hydrogen) atoms. The molecule has 7 heteroatoms. The van der Waals surface area contributed by atoms with E-state index < -0.39 is 0 Å².